The fourth-order valence-electron chi connectivity index (χ4n) is 2.41. The molecule has 4 rings (SSSR count). The van der Waals surface area contributed by atoms with Crippen LogP contribution in [0.1, 0.15) is 11.4 Å². The zero-order valence-corrected chi connectivity index (χ0v) is 12.4. The van der Waals surface area contributed by atoms with Gasteiger partial charge in [-0.2, -0.15) is 0 Å². The Balaban J connectivity index is 1.67. The van der Waals surface area contributed by atoms with Crippen molar-refractivity contribution in [2.45, 2.75) is 17.8 Å². The lowest BCUT2D eigenvalue weighted by Crippen LogP contribution is -1.85. The zero-order chi connectivity index (χ0) is 14.2. The molecule has 5 heteroatoms. The first-order valence-electron chi connectivity index (χ1n) is 6.80. The maximum absolute atomic E-state index is 4.66. The van der Waals surface area contributed by atoms with Gasteiger partial charge in [0.25, 0.3) is 0 Å². The van der Waals surface area contributed by atoms with Crippen molar-refractivity contribution in [2.75, 3.05) is 0 Å². The van der Waals surface area contributed by atoms with Gasteiger partial charge in [0.05, 0.1) is 23.1 Å². The van der Waals surface area contributed by atoms with Crippen LogP contribution >= 0.6 is 11.8 Å². The summed E-state index contributed by atoms with van der Waals surface area (Å²) >= 11 is 1.68. The maximum Gasteiger partial charge on any atom is 0.166 e. The lowest BCUT2D eigenvalue weighted by molar-refractivity contribution is 1.07. The van der Waals surface area contributed by atoms with E-state index in [1.165, 1.54) is 10.8 Å². The van der Waals surface area contributed by atoms with Crippen LogP contribution in [0.15, 0.2) is 47.9 Å². The monoisotopic (exact) mass is 294 g/mol. The molecule has 0 aliphatic rings. The summed E-state index contributed by atoms with van der Waals surface area (Å²) in [7, 11) is 0. The molecule has 4 nitrogen and oxygen atoms in total. The van der Waals surface area contributed by atoms with E-state index in [0.29, 0.717) is 0 Å². The van der Waals surface area contributed by atoms with E-state index in [1.807, 2.05) is 6.92 Å². The fraction of sp³-hybridized carbons (Fsp3) is 0.125. The number of fused-ring (bicyclic) bond motifs is 2. The summed E-state index contributed by atoms with van der Waals surface area (Å²) in [5, 5.41) is 3.38. The molecule has 2 aromatic heterocycles. The molecule has 0 radical (unpaired) electrons. The Hall–Kier alpha value is -2.27. The topological polar surface area (TPSA) is 57.4 Å². The largest absolute Gasteiger partial charge is 0.348 e. The van der Waals surface area contributed by atoms with Crippen LogP contribution in [0.25, 0.3) is 21.8 Å². The lowest BCUT2D eigenvalue weighted by Gasteiger charge is -1.96. The predicted octanol–water partition coefficient (Wildman–Crippen LogP) is 4.04. The summed E-state index contributed by atoms with van der Waals surface area (Å²) in [6.07, 6.45) is 1.73. The molecule has 0 unspecified atom stereocenters. The molecule has 21 heavy (non-hydrogen) atoms. The van der Waals surface area contributed by atoms with E-state index >= 15 is 0 Å². The van der Waals surface area contributed by atoms with Crippen molar-refractivity contribution in [3.8, 4) is 0 Å². The third-order valence-electron chi connectivity index (χ3n) is 3.61. The van der Waals surface area contributed by atoms with Gasteiger partial charge in [-0.3, -0.25) is 0 Å². The van der Waals surface area contributed by atoms with Crippen molar-refractivity contribution < 1.29 is 0 Å². The number of rotatable bonds is 3. The van der Waals surface area contributed by atoms with Crippen molar-refractivity contribution in [2.24, 2.45) is 0 Å². The van der Waals surface area contributed by atoms with E-state index in [4.69, 9.17) is 0 Å². The maximum atomic E-state index is 4.66. The number of nitrogens with one attached hydrogen (secondary N) is 2. The minimum atomic E-state index is 0.814. The molecule has 2 aromatic carbocycles. The van der Waals surface area contributed by atoms with Crippen LogP contribution < -0.4 is 0 Å². The number of thioether (sulfide) groups is 1. The molecular formula is C16H14N4S. The van der Waals surface area contributed by atoms with Gasteiger partial charge in [-0.25, -0.2) is 9.97 Å². The predicted molar refractivity (Wildman–Crippen MR) is 86.5 cm³/mol. The number of hydrogen-bond acceptors (Lipinski definition) is 3. The summed E-state index contributed by atoms with van der Waals surface area (Å²) < 4.78 is 0. The van der Waals surface area contributed by atoms with Crippen molar-refractivity contribution in [1.82, 2.24) is 19.9 Å². The highest BCUT2D eigenvalue weighted by atomic mass is 32.2. The molecule has 0 saturated heterocycles. The Morgan fingerprint density at radius 2 is 1.95 bits per heavy atom. The van der Waals surface area contributed by atoms with Crippen LogP contribution in [0.4, 0.5) is 0 Å². The second kappa shape index (κ2) is 4.93. The van der Waals surface area contributed by atoms with Crippen LogP contribution in [-0.2, 0) is 5.75 Å². The average molecular weight is 294 g/mol. The Labute approximate surface area is 126 Å². The molecule has 104 valence electrons. The van der Waals surface area contributed by atoms with Gasteiger partial charge in [0, 0.05) is 11.4 Å². The van der Waals surface area contributed by atoms with Crippen LogP contribution in [0.3, 0.4) is 0 Å². The van der Waals surface area contributed by atoms with Gasteiger partial charge in [0.15, 0.2) is 5.16 Å². The first-order chi connectivity index (χ1) is 10.3. The number of aromatic nitrogens is 4. The second-order valence-corrected chi connectivity index (χ2v) is 5.99. The molecule has 0 bridgehead atoms. The Morgan fingerprint density at radius 1 is 1.14 bits per heavy atom. The van der Waals surface area contributed by atoms with Crippen LogP contribution in [0, 0.1) is 6.92 Å². The normalized spacial score (nSPS) is 11.5. The molecule has 2 heterocycles. The summed E-state index contributed by atoms with van der Waals surface area (Å²) in [6.45, 7) is 2.04. The quantitative estimate of drug-likeness (QED) is 0.561. The number of hydrogen-bond donors (Lipinski definition) is 2. The summed E-state index contributed by atoms with van der Waals surface area (Å²) in [6, 6.07) is 12.6. The highest BCUT2D eigenvalue weighted by Crippen LogP contribution is 2.26. The number of aryl methyl sites for hydroxylation is 1. The van der Waals surface area contributed by atoms with E-state index in [-0.39, 0.29) is 0 Å². The lowest BCUT2D eigenvalue weighted by atomic mass is 10.1. The summed E-state index contributed by atoms with van der Waals surface area (Å²) in [5.41, 5.74) is 4.28. The van der Waals surface area contributed by atoms with Gasteiger partial charge < -0.3 is 9.97 Å². The third-order valence-corrected chi connectivity index (χ3v) is 4.49. The van der Waals surface area contributed by atoms with Gasteiger partial charge in [0.2, 0.25) is 0 Å². The average Bonchev–Trinajstić information content (AvgIpc) is 3.07. The van der Waals surface area contributed by atoms with Crippen molar-refractivity contribution in [1.29, 1.82) is 0 Å². The Bertz CT molecular complexity index is 870. The molecule has 0 atom stereocenters. The van der Waals surface area contributed by atoms with E-state index in [0.717, 1.165) is 33.3 Å². The molecule has 2 N–H and O–H groups in total. The molecule has 0 spiro atoms. The second-order valence-electron chi connectivity index (χ2n) is 5.02. The Morgan fingerprint density at radius 3 is 2.71 bits per heavy atom. The molecule has 0 fully saturated rings. The van der Waals surface area contributed by atoms with Gasteiger partial charge in [0.1, 0.15) is 0 Å². The first-order valence-corrected chi connectivity index (χ1v) is 7.78. The summed E-state index contributed by atoms with van der Waals surface area (Å²) in [4.78, 5) is 15.5. The third kappa shape index (κ3) is 2.29. The zero-order valence-electron chi connectivity index (χ0n) is 11.6. The number of nitrogens with zero attached hydrogens (tertiary/aromatic N) is 2. The molecular weight excluding hydrogens is 280 g/mol. The standard InChI is InChI=1S/C16H14N4S/c1-10-15(18-9-17-10)8-21-16-19-13-6-11-4-2-3-5-12(11)7-14(13)20-16/h2-7,9H,8H2,1H3,(H,17,18)(H,19,20). The van der Waals surface area contributed by atoms with Crippen LogP contribution in [0.5, 0.6) is 0 Å². The van der Waals surface area contributed by atoms with Crippen LogP contribution in [-0.4, -0.2) is 19.9 Å². The molecule has 4 aromatic rings. The van der Waals surface area contributed by atoms with Gasteiger partial charge in [-0.1, -0.05) is 36.0 Å². The number of imidazole rings is 2. The number of H-pyrrole nitrogens is 2. The van der Waals surface area contributed by atoms with Gasteiger partial charge in [-0.15, -0.1) is 0 Å². The molecule has 0 saturated carbocycles. The molecule has 0 aliphatic carbocycles. The SMILES string of the molecule is Cc1[nH]cnc1CSc1nc2cc3ccccc3cc2[nH]1. The van der Waals surface area contributed by atoms with E-state index < -0.39 is 0 Å². The van der Waals surface area contributed by atoms with Gasteiger partial charge in [-0.05, 0) is 29.8 Å². The molecule has 0 amide bonds. The fourth-order valence-corrected chi connectivity index (χ4v) is 3.32. The first kappa shape index (κ1) is 12.5. The minimum Gasteiger partial charge on any atom is -0.348 e. The van der Waals surface area contributed by atoms with E-state index in [9.17, 15) is 0 Å². The van der Waals surface area contributed by atoms with Crippen molar-refractivity contribution in [3.05, 3.63) is 54.1 Å². The number of benzene rings is 2. The Kier molecular flexibility index (Phi) is 2.93. The highest BCUT2D eigenvalue weighted by Gasteiger charge is 2.07. The molecule has 0 aliphatic heterocycles. The number of aromatic amines is 2. The minimum absolute atomic E-state index is 0.814. The summed E-state index contributed by atoms with van der Waals surface area (Å²) in [5.74, 6) is 0.814. The van der Waals surface area contributed by atoms with E-state index in [2.05, 4.69) is 56.3 Å². The smallest absolute Gasteiger partial charge is 0.166 e. The van der Waals surface area contributed by atoms with Crippen LogP contribution in [0.2, 0.25) is 0 Å². The van der Waals surface area contributed by atoms with E-state index in [1.54, 1.807) is 18.1 Å². The van der Waals surface area contributed by atoms with Crippen molar-refractivity contribution >= 4 is 33.6 Å². The van der Waals surface area contributed by atoms with Gasteiger partial charge >= 0.3 is 0 Å². The van der Waals surface area contributed by atoms with Crippen molar-refractivity contribution in [3.63, 3.8) is 0 Å². The highest BCUT2D eigenvalue weighted by molar-refractivity contribution is 7.98.